The zero-order chi connectivity index (χ0) is 8.97. The number of hydrogen-bond acceptors (Lipinski definition) is 3. The molecule has 6 heteroatoms. The number of amidine groups is 1. The summed E-state index contributed by atoms with van der Waals surface area (Å²) >= 11 is 0. The highest BCUT2D eigenvalue weighted by Crippen LogP contribution is 1.88. The lowest BCUT2D eigenvalue weighted by atomic mass is 10.8. The highest BCUT2D eigenvalue weighted by atomic mass is 16.5. The van der Waals surface area contributed by atoms with Gasteiger partial charge in [0, 0.05) is 12.4 Å². The Kier molecular flexibility index (Phi) is 2.42. The van der Waals surface area contributed by atoms with E-state index in [-0.39, 0.29) is 6.02 Å². The summed E-state index contributed by atoms with van der Waals surface area (Å²) in [6.45, 7) is 0. The molecule has 0 fully saturated rings. The molecule has 0 bridgehead atoms. The molecule has 0 aliphatic rings. The molecule has 0 aliphatic carbocycles. The summed E-state index contributed by atoms with van der Waals surface area (Å²) in [5.74, 6) is 0. The number of aliphatic imine (C=N–C) groups is 1. The Bertz CT molecular complexity index is 291. The Hall–Kier alpha value is -1.85. The van der Waals surface area contributed by atoms with Gasteiger partial charge in [0.1, 0.15) is 6.33 Å². The minimum atomic E-state index is -0.535. The topological polar surface area (TPSA) is 82.5 Å². The van der Waals surface area contributed by atoms with Crippen molar-refractivity contribution in [1.82, 2.24) is 9.55 Å². The Morgan fingerprint density at radius 2 is 2.50 bits per heavy atom. The number of ether oxygens (including phenoxy) is 1. The van der Waals surface area contributed by atoms with E-state index in [1.807, 2.05) is 0 Å². The molecule has 2 N–H and O–H groups in total. The van der Waals surface area contributed by atoms with Gasteiger partial charge in [-0.15, -0.1) is 4.99 Å². The minimum absolute atomic E-state index is 0.172. The minimum Gasteiger partial charge on any atom is -0.468 e. The van der Waals surface area contributed by atoms with Gasteiger partial charge in [-0.05, 0) is 0 Å². The van der Waals surface area contributed by atoms with Crippen molar-refractivity contribution >= 4 is 12.1 Å². The average molecular weight is 168 g/mol. The lowest BCUT2D eigenvalue weighted by Crippen LogP contribution is -2.17. The Balaban J connectivity index is 2.74. The second-order valence-corrected chi connectivity index (χ2v) is 1.91. The summed E-state index contributed by atoms with van der Waals surface area (Å²) in [6, 6.07) is -0.708. The molecule has 1 amide bonds. The third kappa shape index (κ3) is 1.82. The van der Waals surface area contributed by atoms with E-state index in [1.165, 1.54) is 30.4 Å². The fourth-order valence-electron chi connectivity index (χ4n) is 0.570. The van der Waals surface area contributed by atoms with E-state index >= 15 is 0 Å². The van der Waals surface area contributed by atoms with Gasteiger partial charge in [-0.3, -0.25) is 4.57 Å². The van der Waals surface area contributed by atoms with E-state index in [4.69, 9.17) is 5.73 Å². The van der Waals surface area contributed by atoms with Crippen LogP contribution in [-0.2, 0) is 4.74 Å². The number of carbonyl (C=O) groups is 1. The van der Waals surface area contributed by atoms with Gasteiger partial charge in [0.15, 0.2) is 0 Å². The molecule has 1 aromatic heterocycles. The van der Waals surface area contributed by atoms with Gasteiger partial charge in [-0.1, -0.05) is 0 Å². The fraction of sp³-hybridized carbons (Fsp3) is 0.167. The normalized spacial score (nSPS) is 11.2. The lowest BCUT2D eigenvalue weighted by molar-refractivity contribution is 0.249. The first-order chi connectivity index (χ1) is 5.74. The van der Waals surface area contributed by atoms with Crippen LogP contribution in [0.1, 0.15) is 0 Å². The Labute approximate surface area is 68.7 Å². The number of carbonyl (C=O) groups excluding carboxylic acids is 1. The van der Waals surface area contributed by atoms with Crippen LogP contribution in [0.2, 0.25) is 0 Å². The molecular formula is C6H8N4O2. The number of aromatic nitrogens is 2. The number of hydrogen-bond donors (Lipinski definition) is 1. The summed E-state index contributed by atoms with van der Waals surface area (Å²) in [7, 11) is 1.33. The number of rotatable bonds is 0. The zero-order valence-electron chi connectivity index (χ0n) is 6.47. The largest absolute Gasteiger partial charge is 0.468 e. The Morgan fingerprint density at radius 3 is 3.00 bits per heavy atom. The first kappa shape index (κ1) is 8.25. The monoisotopic (exact) mass is 168 g/mol. The van der Waals surface area contributed by atoms with Gasteiger partial charge in [0.2, 0.25) is 0 Å². The van der Waals surface area contributed by atoms with Gasteiger partial charge in [-0.25, -0.2) is 9.78 Å². The standard InChI is InChI=1S/C6H8N4O2/c1-12-5(7)9-6(11)10-3-2-8-4-10/h2-4H,1H3,(H2,7,9,11). The Morgan fingerprint density at radius 1 is 1.75 bits per heavy atom. The van der Waals surface area contributed by atoms with Gasteiger partial charge in [0.25, 0.3) is 6.02 Å². The number of amides is 1. The van der Waals surface area contributed by atoms with Crippen molar-refractivity contribution in [3.05, 3.63) is 18.7 Å². The van der Waals surface area contributed by atoms with Crippen LogP contribution in [0.4, 0.5) is 4.79 Å². The first-order valence-corrected chi connectivity index (χ1v) is 3.14. The molecule has 0 unspecified atom stereocenters. The van der Waals surface area contributed by atoms with Crippen LogP contribution in [0.5, 0.6) is 0 Å². The van der Waals surface area contributed by atoms with Crippen molar-refractivity contribution < 1.29 is 9.53 Å². The van der Waals surface area contributed by atoms with Crippen LogP contribution >= 0.6 is 0 Å². The van der Waals surface area contributed by atoms with Crippen LogP contribution in [0.15, 0.2) is 23.7 Å². The quantitative estimate of drug-likeness (QED) is 0.430. The van der Waals surface area contributed by atoms with E-state index in [2.05, 4.69) is 14.7 Å². The van der Waals surface area contributed by atoms with Crippen molar-refractivity contribution in [1.29, 1.82) is 0 Å². The van der Waals surface area contributed by atoms with E-state index in [0.29, 0.717) is 0 Å². The maximum absolute atomic E-state index is 11.1. The molecule has 0 aliphatic heterocycles. The molecule has 12 heavy (non-hydrogen) atoms. The number of methoxy groups -OCH3 is 1. The maximum atomic E-state index is 11.1. The van der Waals surface area contributed by atoms with Crippen molar-refractivity contribution in [3.8, 4) is 0 Å². The van der Waals surface area contributed by atoms with Crippen molar-refractivity contribution in [2.75, 3.05) is 7.11 Å². The van der Waals surface area contributed by atoms with Crippen LogP contribution in [0, 0.1) is 0 Å². The lowest BCUT2D eigenvalue weighted by Gasteiger charge is -1.96. The third-order valence-electron chi connectivity index (χ3n) is 1.14. The average Bonchev–Trinajstić information content (AvgIpc) is 2.56. The molecule has 0 saturated heterocycles. The van der Waals surface area contributed by atoms with Crippen molar-refractivity contribution in [2.24, 2.45) is 10.7 Å². The van der Waals surface area contributed by atoms with Gasteiger partial charge >= 0.3 is 6.03 Å². The fourth-order valence-corrected chi connectivity index (χ4v) is 0.570. The van der Waals surface area contributed by atoms with Gasteiger partial charge in [-0.2, -0.15) is 0 Å². The van der Waals surface area contributed by atoms with E-state index in [9.17, 15) is 4.79 Å². The van der Waals surface area contributed by atoms with Crippen LogP contribution < -0.4 is 5.73 Å². The van der Waals surface area contributed by atoms with E-state index in [0.717, 1.165) is 0 Å². The highest BCUT2D eigenvalue weighted by molar-refractivity contribution is 5.89. The molecule has 1 aromatic rings. The van der Waals surface area contributed by atoms with Crippen molar-refractivity contribution in [2.45, 2.75) is 0 Å². The SMILES string of the molecule is COC(N)=NC(=O)n1ccnc1. The third-order valence-corrected chi connectivity index (χ3v) is 1.14. The molecule has 0 atom stereocenters. The molecule has 0 saturated carbocycles. The second-order valence-electron chi connectivity index (χ2n) is 1.91. The summed E-state index contributed by atoms with van der Waals surface area (Å²) in [5, 5.41) is 0. The first-order valence-electron chi connectivity index (χ1n) is 3.14. The maximum Gasteiger partial charge on any atom is 0.357 e. The van der Waals surface area contributed by atoms with E-state index < -0.39 is 6.03 Å². The predicted molar refractivity (Wildman–Crippen MR) is 41.7 cm³/mol. The predicted octanol–water partition coefficient (Wildman–Crippen LogP) is -0.188. The van der Waals surface area contributed by atoms with Crippen LogP contribution in [-0.4, -0.2) is 28.7 Å². The van der Waals surface area contributed by atoms with E-state index in [1.54, 1.807) is 0 Å². The molecule has 1 rings (SSSR count). The summed E-state index contributed by atoms with van der Waals surface area (Å²) < 4.78 is 5.68. The number of nitrogens with zero attached hydrogens (tertiary/aromatic N) is 3. The van der Waals surface area contributed by atoms with Gasteiger partial charge in [0.05, 0.1) is 7.11 Å². The molecule has 64 valence electrons. The number of imidazole rings is 1. The smallest absolute Gasteiger partial charge is 0.357 e. The highest BCUT2D eigenvalue weighted by Gasteiger charge is 2.01. The second kappa shape index (κ2) is 3.51. The molecule has 6 nitrogen and oxygen atoms in total. The number of nitrogens with two attached hydrogens (primary N) is 1. The van der Waals surface area contributed by atoms with Gasteiger partial charge < -0.3 is 10.5 Å². The molecular weight excluding hydrogens is 160 g/mol. The molecule has 0 aromatic carbocycles. The molecule has 0 radical (unpaired) electrons. The molecule has 1 heterocycles. The van der Waals surface area contributed by atoms with Crippen LogP contribution in [0.25, 0.3) is 0 Å². The van der Waals surface area contributed by atoms with Crippen LogP contribution in [0.3, 0.4) is 0 Å². The zero-order valence-corrected chi connectivity index (χ0v) is 6.47. The summed E-state index contributed by atoms with van der Waals surface area (Å²) in [5.41, 5.74) is 5.15. The summed E-state index contributed by atoms with van der Waals surface area (Å²) in [4.78, 5) is 18.1. The van der Waals surface area contributed by atoms with Crippen molar-refractivity contribution in [3.63, 3.8) is 0 Å². The summed E-state index contributed by atoms with van der Waals surface area (Å²) in [6.07, 6.45) is 4.26. The molecule has 0 spiro atoms.